The van der Waals surface area contributed by atoms with Crippen LogP contribution in [0.2, 0.25) is 0 Å². The zero-order valence-electron chi connectivity index (χ0n) is 6.63. The monoisotopic (exact) mass is 170 g/mol. The fourth-order valence-corrected chi connectivity index (χ4v) is 1.27. The molecule has 1 aromatic rings. The molecule has 0 spiro atoms. The molecule has 11 heavy (non-hydrogen) atoms. The van der Waals surface area contributed by atoms with E-state index in [0.717, 1.165) is 16.7 Å². The van der Waals surface area contributed by atoms with Gasteiger partial charge in [0.25, 0.3) is 0 Å². The zero-order chi connectivity index (χ0) is 8.43. The highest BCUT2D eigenvalue weighted by atomic mass is 35.5. The molecule has 0 aliphatic heterocycles. The van der Waals surface area contributed by atoms with Gasteiger partial charge in [-0.25, -0.2) is 0 Å². The van der Waals surface area contributed by atoms with Crippen molar-refractivity contribution in [1.29, 1.82) is 0 Å². The van der Waals surface area contributed by atoms with Crippen molar-refractivity contribution in [1.82, 2.24) is 0 Å². The van der Waals surface area contributed by atoms with E-state index in [1.54, 1.807) is 0 Å². The van der Waals surface area contributed by atoms with Gasteiger partial charge in [-0.1, -0.05) is 40.9 Å². The van der Waals surface area contributed by atoms with E-state index in [0.29, 0.717) is 0 Å². The molecular formula is C9H11ClO. The molecule has 0 aromatic heterocycles. The Bertz CT molecular complexity index is 235. The fourth-order valence-electron chi connectivity index (χ4n) is 1.15. The lowest BCUT2D eigenvalue weighted by atomic mass is 10.1. The molecule has 0 heterocycles. The first kappa shape index (κ1) is 8.57. The van der Waals surface area contributed by atoms with Gasteiger partial charge in [-0.05, 0) is 19.4 Å². The van der Waals surface area contributed by atoms with Crippen LogP contribution in [0.5, 0.6) is 0 Å². The fraction of sp³-hybridized carbons (Fsp3) is 0.333. The highest BCUT2D eigenvalue weighted by molar-refractivity contribution is 6.19. The van der Waals surface area contributed by atoms with Crippen molar-refractivity contribution in [3.8, 4) is 0 Å². The molecule has 1 nitrogen and oxygen atoms in total. The molecule has 1 unspecified atom stereocenters. The first-order valence-electron chi connectivity index (χ1n) is 3.50. The van der Waals surface area contributed by atoms with Crippen LogP contribution < -0.4 is 0 Å². The molecule has 0 amide bonds. The lowest BCUT2D eigenvalue weighted by molar-refractivity contribution is 0.262. The second-order valence-corrected chi connectivity index (χ2v) is 3.17. The molecule has 0 aliphatic rings. The summed E-state index contributed by atoms with van der Waals surface area (Å²) >= 11 is 5.50. The second kappa shape index (κ2) is 3.24. The largest absolute Gasteiger partial charge is 0.373 e. The summed E-state index contributed by atoms with van der Waals surface area (Å²) in [6.07, 6.45) is 0. The van der Waals surface area contributed by atoms with Crippen molar-refractivity contribution in [2.45, 2.75) is 19.4 Å². The summed E-state index contributed by atoms with van der Waals surface area (Å²) in [5.74, 6) is 0. The third kappa shape index (κ3) is 2.21. The standard InChI is InChI=1S/C9H11ClO/c1-6-3-7(2)5-8(4-6)9(10)11/h3-5,9,11H,1-2H3. The molecule has 1 N–H and O–H groups in total. The van der Waals surface area contributed by atoms with Crippen LogP contribution in [-0.4, -0.2) is 5.11 Å². The highest BCUT2D eigenvalue weighted by Gasteiger charge is 2.02. The highest BCUT2D eigenvalue weighted by Crippen LogP contribution is 2.19. The van der Waals surface area contributed by atoms with E-state index in [4.69, 9.17) is 16.7 Å². The Hall–Kier alpha value is -0.530. The Labute approximate surface area is 71.6 Å². The van der Waals surface area contributed by atoms with Crippen molar-refractivity contribution >= 4 is 11.6 Å². The van der Waals surface area contributed by atoms with Gasteiger partial charge in [0.15, 0.2) is 5.56 Å². The molecule has 60 valence electrons. The van der Waals surface area contributed by atoms with Crippen LogP contribution >= 0.6 is 11.6 Å². The molecule has 1 aromatic carbocycles. The number of alkyl halides is 1. The van der Waals surface area contributed by atoms with Gasteiger partial charge in [-0.15, -0.1) is 0 Å². The molecule has 0 saturated carbocycles. The Kier molecular flexibility index (Phi) is 2.53. The van der Waals surface area contributed by atoms with Gasteiger partial charge in [-0.2, -0.15) is 0 Å². The predicted octanol–water partition coefficient (Wildman–Crippen LogP) is 2.53. The van der Waals surface area contributed by atoms with Gasteiger partial charge >= 0.3 is 0 Å². The average Bonchev–Trinajstić information content (AvgIpc) is 1.85. The van der Waals surface area contributed by atoms with E-state index in [-0.39, 0.29) is 0 Å². The molecule has 0 aliphatic carbocycles. The number of aliphatic hydroxyl groups is 1. The molecule has 1 rings (SSSR count). The van der Waals surface area contributed by atoms with E-state index in [9.17, 15) is 0 Å². The van der Waals surface area contributed by atoms with Crippen molar-refractivity contribution in [2.75, 3.05) is 0 Å². The van der Waals surface area contributed by atoms with Gasteiger partial charge in [0, 0.05) is 0 Å². The molecule has 0 saturated heterocycles. The van der Waals surface area contributed by atoms with Crippen molar-refractivity contribution in [2.24, 2.45) is 0 Å². The van der Waals surface area contributed by atoms with Crippen LogP contribution in [0, 0.1) is 13.8 Å². The number of hydrogen-bond acceptors (Lipinski definition) is 1. The van der Waals surface area contributed by atoms with Crippen molar-refractivity contribution in [3.05, 3.63) is 34.9 Å². The minimum Gasteiger partial charge on any atom is -0.373 e. The van der Waals surface area contributed by atoms with Crippen LogP contribution in [-0.2, 0) is 0 Å². The minimum absolute atomic E-state index is 0.768. The van der Waals surface area contributed by atoms with E-state index < -0.39 is 5.56 Å². The van der Waals surface area contributed by atoms with Gasteiger partial charge < -0.3 is 5.11 Å². The molecule has 0 radical (unpaired) electrons. The summed E-state index contributed by atoms with van der Waals surface area (Å²) in [6, 6.07) is 5.80. The van der Waals surface area contributed by atoms with Gasteiger partial charge in [-0.3, -0.25) is 0 Å². The van der Waals surface area contributed by atoms with Gasteiger partial charge in [0.05, 0.1) is 0 Å². The number of aryl methyl sites for hydroxylation is 2. The SMILES string of the molecule is Cc1cc(C)cc(C(O)Cl)c1. The summed E-state index contributed by atoms with van der Waals surface area (Å²) < 4.78 is 0. The Balaban J connectivity index is 3.08. The van der Waals surface area contributed by atoms with Crippen LogP contribution in [0.1, 0.15) is 22.3 Å². The van der Waals surface area contributed by atoms with Crippen LogP contribution in [0.15, 0.2) is 18.2 Å². The summed E-state index contributed by atoms with van der Waals surface area (Å²) in [7, 11) is 0. The number of halogens is 1. The minimum atomic E-state index is -0.881. The van der Waals surface area contributed by atoms with Crippen LogP contribution in [0.25, 0.3) is 0 Å². The molecule has 1 atom stereocenters. The maximum absolute atomic E-state index is 9.04. The molecule has 0 bridgehead atoms. The number of hydrogen-bond donors (Lipinski definition) is 1. The molecule has 2 heteroatoms. The number of benzene rings is 1. The van der Waals surface area contributed by atoms with Crippen molar-refractivity contribution in [3.63, 3.8) is 0 Å². The maximum Gasteiger partial charge on any atom is 0.153 e. The van der Waals surface area contributed by atoms with E-state index in [1.165, 1.54) is 0 Å². The van der Waals surface area contributed by atoms with Gasteiger partial charge in [0.1, 0.15) is 0 Å². The first-order chi connectivity index (χ1) is 5.09. The number of rotatable bonds is 1. The average molecular weight is 171 g/mol. The third-order valence-corrected chi connectivity index (χ3v) is 1.77. The van der Waals surface area contributed by atoms with Crippen molar-refractivity contribution < 1.29 is 5.11 Å². The second-order valence-electron chi connectivity index (χ2n) is 2.76. The van der Waals surface area contributed by atoms with E-state index >= 15 is 0 Å². The Morgan fingerprint density at radius 1 is 1.18 bits per heavy atom. The third-order valence-electron chi connectivity index (χ3n) is 1.52. The summed E-state index contributed by atoms with van der Waals surface area (Å²) in [4.78, 5) is 0. The summed E-state index contributed by atoms with van der Waals surface area (Å²) in [5.41, 5.74) is 2.14. The predicted molar refractivity (Wildman–Crippen MR) is 46.7 cm³/mol. The van der Waals surface area contributed by atoms with Crippen LogP contribution in [0.3, 0.4) is 0 Å². The summed E-state index contributed by atoms with van der Waals surface area (Å²) in [5, 5.41) is 9.04. The molecule has 0 fully saturated rings. The maximum atomic E-state index is 9.04. The number of aliphatic hydroxyl groups excluding tert-OH is 1. The smallest absolute Gasteiger partial charge is 0.153 e. The first-order valence-corrected chi connectivity index (χ1v) is 3.93. The zero-order valence-corrected chi connectivity index (χ0v) is 7.39. The van der Waals surface area contributed by atoms with Gasteiger partial charge in [0.2, 0.25) is 0 Å². The van der Waals surface area contributed by atoms with E-state index in [2.05, 4.69) is 0 Å². The summed E-state index contributed by atoms with van der Waals surface area (Å²) in [6.45, 7) is 3.96. The lowest BCUT2D eigenvalue weighted by Crippen LogP contribution is -1.89. The Morgan fingerprint density at radius 2 is 1.64 bits per heavy atom. The quantitative estimate of drug-likeness (QED) is 0.643. The normalized spacial score (nSPS) is 13.1. The molecular weight excluding hydrogens is 160 g/mol. The Morgan fingerprint density at radius 3 is 2.00 bits per heavy atom. The van der Waals surface area contributed by atoms with E-state index in [1.807, 2.05) is 32.0 Å². The lowest BCUT2D eigenvalue weighted by Gasteiger charge is -2.04. The van der Waals surface area contributed by atoms with Crippen LogP contribution in [0.4, 0.5) is 0 Å². The topological polar surface area (TPSA) is 20.2 Å².